The summed E-state index contributed by atoms with van der Waals surface area (Å²) in [4.78, 5) is 16.9. The second-order valence-corrected chi connectivity index (χ2v) is 7.83. The third-order valence-electron chi connectivity index (χ3n) is 5.99. The molecule has 3 aliphatic rings. The molecule has 134 valence electrons. The molecule has 0 aromatic heterocycles. The minimum Gasteiger partial charge on any atom is -0.484 e. The van der Waals surface area contributed by atoms with Crippen molar-refractivity contribution in [3.8, 4) is 5.75 Å². The van der Waals surface area contributed by atoms with Crippen LogP contribution in [0.5, 0.6) is 5.75 Å². The number of hydrogen-bond donors (Lipinski definition) is 0. The summed E-state index contributed by atoms with van der Waals surface area (Å²) in [6.45, 7) is 7.01. The molecule has 4 rings (SSSR count). The van der Waals surface area contributed by atoms with Crippen LogP contribution in [0, 0.1) is 24.7 Å². The quantitative estimate of drug-likeness (QED) is 0.773. The number of ether oxygens (including phenoxy) is 1. The van der Waals surface area contributed by atoms with Gasteiger partial charge in [0.25, 0.3) is 5.91 Å². The number of amides is 1. The van der Waals surface area contributed by atoms with Crippen LogP contribution in [0.3, 0.4) is 0 Å². The number of hydrogen-bond acceptors (Lipinski definition) is 3. The third kappa shape index (κ3) is 3.90. The molecule has 0 N–H and O–H groups in total. The molecule has 1 saturated heterocycles. The van der Waals surface area contributed by atoms with Crippen molar-refractivity contribution in [3.05, 3.63) is 42.0 Å². The van der Waals surface area contributed by atoms with Crippen molar-refractivity contribution in [3.63, 3.8) is 0 Å². The van der Waals surface area contributed by atoms with E-state index in [4.69, 9.17) is 4.74 Å². The normalized spacial score (nSPS) is 28.5. The maximum absolute atomic E-state index is 12.4. The molecule has 1 amide bonds. The molecule has 2 fully saturated rings. The van der Waals surface area contributed by atoms with Gasteiger partial charge in [0.15, 0.2) is 6.61 Å². The number of nitrogens with zero attached hydrogens (tertiary/aromatic N) is 2. The van der Waals surface area contributed by atoms with E-state index < -0.39 is 0 Å². The molecular weight excluding hydrogens is 312 g/mol. The second kappa shape index (κ2) is 7.20. The molecule has 1 saturated carbocycles. The molecule has 1 aromatic carbocycles. The zero-order valence-corrected chi connectivity index (χ0v) is 15.1. The van der Waals surface area contributed by atoms with Crippen LogP contribution < -0.4 is 4.74 Å². The van der Waals surface area contributed by atoms with Gasteiger partial charge in [-0.3, -0.25) is 9.69 Å². The zero-order chi connectivity index (χ0) is 17.2. The molecule has 0 unspecified atom stereocenters. The van der Waals surface area contributed by atoms with Crippen LogP contribution in [0.1, 0.15) is 18.4 Å². The first-order chi connectivity index (χ1) is 12.2. The Hall–Kier alpha value is -1.81. The van der Waals surface area contributed by atoms with Gasteiger partial charge in [-0.05, 0) is 55.2 Å². The first-order valence-corrected chi connectivity index (χ1v) is 9.55. The molecule has 2 bridgehead atoms. The van der Waals surface area contributed by atoms with Crippen LogP contribution in [-0.4, -0.2) is 55.0 Å². The number of piperazine rings is 1. The number of carbonyl (C=O) groups is 1. The largest absolute Gasteiger partial charge is 0.484 e. The van der Waals surface area contributed by atoms with Crippen molar-refractivity contribution in [1.29, 1.82) is 0 Å². The smallest absolute Gasteiger partial charge is 0.260 e. The van der Waals surface area contributed by atoms with E-state index in [0.717, 1.165) is 55.2 Å². The molecule has 0 spiro atoms. The first-order valence-electron chi connectivity index (χ1n) is 9.55. The SMILES string of the molecule is Cc1cccc(OCC(=O)N2CCN(C[C@@H]3C[C@H]4C=C[C@H]3C4)CC2)c1. The van der Waals surface area contributed by atoms with Gasteiger partial charge >= 0.3 is 0 Å². The molecule has 2 aliphatic carbocycles. The molecular formula is C21H28N2O2. The van der Waals surface area contributed by atoms with E-state index in [9.17, 15) is 4.79 Å². The summed E-state index contributed by atoms with van der Waals surface area (Å²) in [5.74, 6) is 3.37. The van der Waals surface area contributed by atoms with Gasteiger partial charge in [-0.25, -0.2) is 0 Å². The Balaban J connectivity index is 1.20. The number of fused-ring (bicyclic) bond motifs is 2. The molecule has 0 radical (unpaired) electrons. The van der Waals surface area contributed by atoms with Crippen molar-refractivity contribution in [2.24, 2.45) is 17.8 Å². The minimum absolute atomic E-state index is 0.101. The molecule has 1 heterocycles. The summed E-state index contributed by atoms with van der Waals surface area (Å²) in [7, 11) is 0. The van der Waals surface area contributed by atoms with Crippen LogP contribution in [0.15, 0.2) is 36.4 Å². The predicted molar refractivity (Wildman–Crippen MR) is 98.5 cm³/mol. The van der Waals surface area contributed by atoms with Crippen LogP contribution >= 0.6 is 0 Å². The Morgan fingerprint density at radius 3 is 2.68 bits per heavy atom. The summed E-state index contributed by atoms with van der Waals surface area (Å²) in [6.07, 6.45) is 7.58. The molecule has 1 aromatic rings. The van der Waals surface area contributed by atoms with Gasteiger partial charge in [-0.1, -0.05) is 24.3 Å². The Bertz CT molecular complexity index is 649. The standard InChI is InChI=1S/C21H28N2O2/c1-16-3-2-4-20(11-16)25-15-21(24)23-9-7-22(8-10-23)14-19-13-17-5-6-18(19)12-17/h2-6,11,17-19H,7-10,12-15H2,1H3/t17-,18-,19-/m0/s1. The average molecular weight is 340 g/mol. The van der Waals surface area contributed by atoms with Gasteiger partial charge in [0.2, 0.25) is 0 Å². The third-order valence-corrected chi connectivity index (χ3v) is 5.99. The van der Waals surface area contributed by atoms with Gasteiger partial charge in [-0.15, -0.1) is 0 Å². The van der Waals surface area contributed by atoms with Crippen LogP contribution in [0.2, 0.25) is 0 Å². The maximum Gasteiger partial charge on any atom is 0.260 e. The fraction of sp³-hybridized carbons (Fsp3) is 0.571. The molecule has 4 heteroatoms. The van der Waals surface area contributed by atoms with Crippen LogP contribution in [0.4, 0.5) is 0 Å². The lowest BCUT2D eigenvalue weighted by atomic mass is 9.93. The fourth-order valence-electron chi connectivity index (χ4n) is 4.56. The van der Waals surface area contributed by atoms with Crippen molar-refractivity contribution in [2.75, 3.05) is 39.3 Å². The summed E-state index contributed by atoms with van der Waals surface area (Å²) < 4.78 is 5.66. The van der Waals surface area contributed by atoms with E-state index in [2.05, 4.69) is 17.1 Å². The van der Waals surface area contributed by atoms with Crippen LogP contribution in [0.25, 0.3) is 0 Å². The molecule has 1 aliphatic heterocycles. The number of carbonyl (C=O) groups excluding carboxylic acids is 1. The Labute approximate surface area is 150 Å². The number of rotatable bonds is 5. The Morgan fingerprint density at radius 2 is 2.00 bits per heavy atom. The van der Waals surface area contributed by atoms with E-state index in [1.165, 1.54) is 19.4 Å². The van der Waals surface area contributed by atoms with Gasteiger partial charge < -0.3 is 9.64 Å². The maximum atomic E-state index is 12.4. The fourth-order valence-corrected chi connectivity index (χ4v) is 4.56. The van der Waals surface area contributed by atoms with Gasteiger partial charge in [-0.2, -0.15) is 0 Å². The van der Waals surface area contributed by atoms with E-state index >= 15 is 0 Å². The summed E-state index contributed by atoms with van der Waals surface area (Å²) in [5.41, 5.74) is 1.15. The number of aryl methyl sites for hydroxylation is 1. The Morgan fingerprint density at radius 1 is 1.16 bits per heavy atom. The van der Waals surface area contributed by atoms with E-state index in [0.29, 0.717) is 0 Å². The van der Waals surface area contributed by atoms with Crippen LogP contribution in [-0.2, 0) is 4.79 Å². The van der Waals surface area contributed by atoms with Crippen molar-refractivity contribution in [2.45, 2.75) is 19.8 Å². The summed E-state index contributed by atoms with van der Waals surface area (Å²) in [6, 6.07) is 7.86. The topological polar surface area (TPSA) is 32.8 Å². The van der Waals surface area contributed by atoms with Crippen molar-refractivity contribution >= 4 is 5.91 Å². The van der Waals surface area contributed by atoms with Crippen molar-refractivity contribution < 1.29 is 9.53 Å². The lowest BCUT2D eigenvalue weighted by Gasteiger charge is -2.36. The number of benzene rings is 1. The summed E-state index contributed by atoms with van der Waals surface area (Å²) >= 11 is 0. The average Bonchev–Trinajstić information content (AvgIpc) is 3.23. The Kier molecular flexibility index (Phi) is 4.80. The molecule has 25 heavy (non-hydrogen) atoms. The van der Waals surface area contributed by atoms with E-state index in [1.54, 1.807) is 0 Å². The van der Waals surface area contributed by atoms with Gasteiger partial charge in [0.05, 0.1) is 0 Å². The zero-order valence-electron chi connectivity index (χ0n) is 15.1. The lowest BCUT2D eigenvalue weighted by Crippen LogP contribution is -2.51. The second-order valence-electron chi connectivity index (χ2n) is 7.83. The highest BCUT2D eigenvalue weighted by atomic mass is 16.5. The highest BCUT2D eigenvalue weighted by molar-refractivity contribution is 5.77. The highest BCUT2D eigenvalue weighted by Gasteiger charge is 2.36. The molecule has 3 atom stereocenters. The molecule has 4 nitrogen and oxygen atoms in total. The number of allylic oxidation sites excluding steroid dienone is 2. The lowest BCUT2D eigenvalue weighted by molar-refractivity contribution is -0.135. The summed E-state index contributed by atoms with van der Waals surface area (Å²) in [5, 5.41) is 0. The van der Waals surface area contributed by atoms with E-state index in [1.807, 2.05) is 36.1 Å². The first kappa shape index (κ1) is 16.6. The van der Waals surface area contributed by atoms with Crippen molar-refractivity contribution in [1.82, 2.24) is 9.80 Å². The van der Waals surface area contributed by atoms with Gasteiger partial charge in [0.1, 0.15) is 5.75 Å². The van der Waals surface area contributed by atoms with E-state index in [-0.39, 0.29) is 12.5 Å². The van der Waals surface area contributed by atoms with Gasteiger partial charge in [0, 0.05) is 32.7 Å². The minimum atomic E-state index is 0.101. The predicted octanol–water partition coefficient (Wildman–Crippen LogP) is 2.73. The monoisotopic (exact) mass is 340 g/mol. The highest BCUT2D eigenvalue weighted by Crippen LogP contribution is 2.43.